The van der Waals surface area contributed by atoms with Gasteiger partial charge in [0.05, 0.1) is 18.4 Å². The molecule has 8 heteroatoms. The second kappa shape index (κ2) is 10.6. The van der Waals surface area contributed by atoms with Crippen molar-refractivity contribution in [3.63, 3.8) is 0 Å². The molecule has 178 valence electrons. The highest BCUT2D eigenvalue weighted by atomic mass is 16.2. The van der Waals surface area contributed by atoms with Gasteiger partial charge in [-0.1, -0.05) is 26.0 Å². The van der Waals surface area contributed by atoms with E-state index in [1.807, 2.05) is 44.7 Å². The van der Waals surface area contributed by atoms with E-state index in [1.54, 1.807) is 4.90 Å². The van der Waals surface area contributed by atoms with Crippen LogP contribution in [0.4, 0.5) is 0 Å². The number of likely N-dealkylation sites (N-methyl/N-ethyl adjacent to an activating group) is 1. The molecule has 0 N–H and O–H groups in total. The maximum atomic E-state index is 13.5. The smallest absolute Gasteiger partial charge is 0.245 e. The van der Waals surface area contributed by atoms with Gasteiger partial charge in [0, 0.05) is 39.3 Å². The van der Waals surface area contributed by atoms with Crippen molar-refractivity contribution in [1.29, 1.82) is 0 Å². The fourth-order valence-corrected chi connectivity index (χ4v) is 5.10. The molecule has 1 aliphatic carbocycles. The number of hydrogen-bond acceptors (Lipinski definition) is 5. The average Bonchev–Trinajstić information content (AvgIpc) is 3.03. The SMILES string of the molecule is CCN(CC)C(=O)CN1CCN(C(=O)C(CC(C)C)N2C(=O)C3CC=CCC3C2=O)CC1. The third-order valence-corrected chi connectivity index (χ3v) is 6.99. The lowest BCUT2D eigenvalue weighted by Crippen LogP contribution is -2.57. The molecule has 4 amide bonds. The summed E-state index contributed by atoms with van der Waals surface area (Å²) in [6.45, 7) is 12.0. The minimum Gasteiger partial charge on any atom is -0.342 e. The van der Waals surface area contributed by atoms with Gasteiger partial charge >= 0.3 is 0 Å². The molecule has 0 bridgehead atoms. The zero-order valence-corrected chi connectivity index (χ0v) is 20.0. The summed E-state index contributed by atoms with van der Waals surface area (Å²) in [5, 5.41) is 0. The molecule has 2 aliphatic heterocycles. The summed E-state index contributed by atoms with van der Waals surface area (Å²) < 4.78 is 0. The summed E-state index contributed by atoms with van der Waals surface area (Å²) in [6.07, 6.45) is 5.56. The van der Waals surface area contributed by atoms with Crippen molar-refractivity contribution in [2.45, 2.75) is 53.0 Å². The second-order valence-electron chi connectivity index (χ2n) is 9.52. The van der Waals surface area contributed by atoms with Gasteiger partial charge in [-0.05, 0) is 39.0 Å². The van der Waals surface area contributed by atoms with Gasteiger partial charge in [0.2, 0.25) is 23.6 Å². The number of carbonyl (C=O) groups excluding carboxylic acids is 4. The summed E-state index contributed by atoms with van der Waals surface area (Å²) in [5.74, 6) is -0.869. The molecule has 0 aromatic rings. The van der Waals surface area contributed by atoms with E-state index in [4.69, 9.17) is 0 Å². The lowest BCUT2D eigenvalue weighted by molar-refractivity contribution is -0.153. The minimum atomic E-state index is -0.732. The zero-order chi connectivity index (χ0) is 23.4. The van der Waals surface area contributed by atoms with Crippen LogP contribution in [-0.4, -0.2) is 95.1 Å². The highest BCUT2D eigenvalue weighted by Crippen LogP contribution is 2.37. The molecule has 2 saturated heterocycles. The lowest BCUT2D eigenvalue weighted by atomic mass is 9.85. The van der Waals surface area contributed by atoms with E-state index in [9.17, 15) is 19.2 Å². The van der Waals surface area contributed by atoms with E-state index in [2.05, 4.69) is 4.90 Å². The van der Waals surface area contributed by atoms with Crippen molar-refractivity contribution in [3.8, 4) is 0 Å². The summed E-state index contributed by atoms with van der Waals surface area (Å²) >= 11 is 0. The van der Waals surface area contributed by atoms with E-state index in [0.29, 0.717) is 65.1 Å². The largest absolute Gasteiger partial charge is 0.342 e. The molecule has 32 heavy (non-hydrogen) atoms. The van der Waals surface area contributed by atoms with Crippen LogP contribution < -0.4 is 0 Å². The molecule has 3 unspecified atom stereocenters. The van der Waals surface area contributed by atoms with Crippen molar-refractivity contribution in [2.75, 3.05) is 45.8 Å². The molecule has 3 rings (SSSR count). The Labute approximate surface area is 191 Å². The van der Waals surface area contributed by atoms with Crippen LogP contribution >= 0.6 is 0 Å². The number of carbonyl (C=O) groups is 4. The number of hydrogen-bond donors (Lipinski definition) is 0. The number of allylic oxidation sites excluding steroid dienone is 2. The van der Waals surface area contributed by atoms with E-state index in [1.165, 1.54) is 4.90 Å². The first-order chi connectivity index (χ1) is 15.3. The van der Waals surface area contributed by atoms with Crippen LogP contribution in [-0.2, 0) is 19.2 Å². The van der Waals surface area contributed by atoms with Gasteiger partial charge in [-0.15, -0.1) is 0 Å². The van der Waals surface area contributed by atoms with Crippen LogP contribution in [0.5, 0.6) is 0 Å². The van der Waals surface area contributed by atoms with E-state index in [-0.39, 0.29) is 41.4 Å². The van der Waals surface area contributed by atoms with Crippen LogP contribution in [0.2, 0.25) is 0 Å². The Hall–Kier alpha value is -2.22. The van der Waals surface area contributed by atoms with Crippen molar-refractivity contribution in [3.05, 3.63) is 12.2 Å². The molecule has 2 fully saturated rings. The van der Waals surface area contributed by atoms with Crippen LogP contribution in [0, 0.1) is 17.8 Å². The maximum absolute atomic E-state index is 13.5. The number of fused-ring (bicyclic) bond motifs is 1. The van der Waals surface area contributed by atoms with Gasteiger partial charge in [-0.25, -0.2) is 0 Å². The molecule has 8 nitrogen and oxygen atoms in total. The number of nitrogens with zero attached hydrogens (tertiary/aromatic N) is 4. The first-order valence-corrected chi connectivity index (χ1v) is 12.1. The number of amides is 4. The molecular formula is C24H38N4O4. The van der Waals surface area contributed by atoms with Crippen molar-refractivity contribution >= 4 is 23.6 Å². The van der Waals surface area contributed by atoms with E-state index < -0.39 is 6.04 Å². The Bertz CT molecular complexity index is 727. The Morgan fingerprint density at radius 1 is 0.969 bits per heavy atom. The first kappa shape index (κ1) is 24.4. The zero-order valence-electron chi connectivity index (χ0n) is 20.0. The molecule has 0 aromatic carbocycles. The van der Waals surface area contributed by atoms with E-state index >= 15 is 0 Å². The van der Waals surface area contributed by atoms with Crippen LogP contribution in [0.25, 0.3) is 0 Å². The van der Waals surface area contributed by atoms with Gasteiger partial charge in [-0.3, -0.25) is 29.0 Å². The molecule has 0 radical (unpaired) electrons. The van der Waals surface area contributed by atoms with Gasteiger partial charge in [0.25, 0.3) is 0 Å². The molecule has 0 saturated carbocycles. The summed E-state index contributed by atoms with van der Waals surface area (Å²) in [6, 6.07) is -0.732. The monoisotopic (exact) mass is 446 g/mol. The minimum absolute atomic E-state index is 0.108. The first-order valence-electron chi connectivity index (χ1n) is 12.1. The normalized spacial score (nSPS) is 24.8. The molecule has 2 heterocycles. The number of piperazine rings is 1. The molecule has 3 atom stereocenters. The van der Waals surface area contributed by atoms with Gasteiger partial charge in [-0.2, -0.15) is 0 Å². The Morgan fingerprint density at radius 3 is 1.97 bits per heavy atom. The quantitative estimate of drug-likeness (QED) is 0.416. The van der Waals surface area contributed by atoms with Gasteiger partial charge in [0.1, 0.15) is 6.04 Å². The van der Waals surface area contributed by atoms with Crippen molar-refractivity contribution in [1.82, 2.24) is 19.6 Å². The highest BCUT2D eigenvalue weighted by Gasteiger charge is 2.51. The topological polar surface area (TPSA) is 81.2 Å². The molecule has 0 aromatic heterocycles. The van der Waals surface area contributed by atoms with E-state index in [0.717, 1.165) is 0 Å². The predicted octanol–water partition coefficient (Wildman–Crippen LogP) is 1.36. The van der Waals surface area contributed by atoms with Crippen LogP contribution in [0.15, 0.2) is 12.2 Å². The number of likely N-dealkylation sites (tertiary alicyclic amines) is 1. The second-order valence-corrected chi connectivity index (χ2v) is 9.52. The fourth-order valence-electron chi connectivity index (χ4n) is 5.10. The number of rotatable bonds is 8. The Kier molecular flexibility index (Phi) is 8.09. The summed E-state index contributed by atoms with van der Waals surface area (Å²) in [7, 11) is 0. The molecule has 0 spiro atoms. The third-order valence-electron chi connectivity index (χ3n) is 6.99. The lowest BCUT2D eigenvalue weighted by Gasteiger charge is -2.38. The standard InChI is InChI=1S/C24H38N4O4/c1-5-26(6-2)21(29)16-25-11-13-27(14-12-25)24(32)20(15-17(3)4)28-22(30)18-9-7-8-10-19(18)23(28)31/h7-8,17-20H,5-6,9-16H2,1-4H3. The van der Waals surface area contributed by atoms with Gasteiger partial charge in [0.15, 0.2) is 0 Å². The van der Waals surface area contributed by atoms with Crippen molar-refractivity contribution < 1.29 is 19.2 Å². The predicted molar refractivity (Wildman–Crippen MR) is 121 cm³/mol. The molecular weight excluding hydrogens is 408 g/mol. The fraction of sp³-hybridized carbons (Fsp3) is 0.750. The third kappa shape index (κ3) is 5.05. The highest BCUT2D eigenvalue weighted by molar-refractivity contribution is 6.08. The van der Waals surface area contributed by atoms with Crippen molar-refractivity contribution in [2.24, 2.45) is 17.8 Å². The summed E-state index contributed by atoms with van der Waals surface area (Å²) in [5.41, 5.74) is 0. The van der Waals surface area contributed by atoms with Crippen LogP contribution in [0.3, 0.4) is 0 Å². The Balaban J connectivity index is 1.65. The number of imide groups is 1. The molecule has 3 aliphatic rings. The average molecular weight is 447 g/mol. The Morgan fingerprint density at radius 2 is 1.50 bits per heavy atom. The van der Waals surface area contributed by atoms with Gasteiger partial charge < -0.3 is 9.80 Å². The van der Waals surface area contributed by atoms with Crippen LogP contribution in [0.1, 0.15) is 47.0 Å². The maximum Gasteiger partial charge on any atom is 0.245 e. The summed E-state index contributed by atoms with van der Waals surface area (Å²) in [4.78, 5) is 59.1.